The highest BCUT2D eigenvalue weighted by Gasteiger charge is 2.08. The summed E-state index contributed by atoms with van der Waals surface area (Å²) in [5, 5.41) is 8.45. The maximum atomic E-state index is 10.5. The van der Waals surface area contributed by atoms with Crippen molar-refractivity contribution in [3.05, 3.63) is 40.4 Å². The predicted molar refractivity (Wildman–Crippen MR) is 40.5 cm³/mol. The number of para-hydroxylation sites is 1. The Balaban J connectivity index is 2.50. The second kappa shape index (κ2) is 4.05. The Morgan fingerprint density at radius 3 is 2.46 bits per heavy atom. The Morgan fingerprint density at radius 1 is 1.31 bits per heavy atom. The molecular formula is C7H5NO5. The smallest absolute Gasteiger partial charge is 0.406 e. The minimum Gasteiger partial charge on any atom is -0.406 e. The molecule has 68 valence electrons. The molecule has 0 saturated carbocycles. The largest absolute Gasteiger partial charge is 0.491 e. The Bertz CT molecular complexity index is 310. The van der Waals surface area contributed by atoms with Gasteiger partial charge in [0.05, 0.1) is 0 Å². The molecule has 0 aromatic heterocycles. The van der Waals surface area contributed by atoms with Crippen molar-refractivity contribution >= 4 is 6.16 Å². The molecule has 6 nitrogen and oxygen atoms in total. The number of benzene rings is 1. The summed E-state index contributed by atoms with van der Waals surface area (Å²) in [5.74, 6) is 0.189. The molecule has 1 aromatic carbocycles. The van der Waals surface area contributed by atoms with E-state index in [0.717, 1.165) is 0 Å². The first-order valence-corrected chi connectivity index (χ1v) is 3.27. The summed E-state index contributed by atoms with van der Waals surface area (Å²) in [6.07, 6.45) is -1.36. The van der Waals surface area contributed by atoms with E-state index in [-0.39, 0.29) is 5.75 Å². The van der Waals surface area contributed by atoms with Crippen LogP contribution >= 0.6 is 0 Å². The highest BCUT2D eigenvalue weighted by atomic mass is 17.0. The summed E-state index contributed by atoms with van der Waals surface area (Å²) < 4.78 is 4.42. The third kappa shape index (κ3) is 3.19. The van der Waals surface area contributed by atoms with Gasteiger partial charge in [-0.25, -0.2) is 4.79 Å². The molecule has 1 rings (SSSR count). The molecule has 0 aliphatic heterocycles. The molecule has 0 spiro atoms. The highest BCUT2D eigenvalue weighted by molar-refractivity contribution is 5.62. The zero-order valence-electron chi connectivity index (χ0n) is 6.38. The molecule has 1 aromatic rings. The predicted octanol–water partition coefficient (Wildman–Crippen LogP) is 1.39. The average molecular weight is 183 g/mol. The van der Waals surface area contributed by atoms with E-state index in [9.17, 15) is 14.9 Å². The van der Waals surface area contributed by atoms with Gasteiger partial charge < -0.3 is 4.74 Å². The molecule has 0 atom stereocenters. The SMILES string of the molecule is O=C(Oc1ccccc1)O[N+](=O)[O-]. The van der Waals surface area contributed by atoms with Crippen LogP contribution in [0.25, 0.3) is 0 Å². The number of carbonyl (C=O) groups is 1. The van der Waals surface area contributed by atoms with Gasteiger partial charge in [-0.15, -0.1) is 10.1 Å². The monoisotopic (exact) mass is 183 g/mol. The van der Waals surface area contributed by atoms with E-state index >= 15 is 0 Å². The summed E-state index contributed by atoms with van der Waals surface area (Å²) >= 11 is 0. The highest BCUT2D eigenvalue weighted by Crippen LogP contribution is 2.08. The fourth-order valence-corrected chi connectivity index (χ4v) is 0.664. The summed E-state index contributed by atoms with van der Waals surface area (Å²) in [7, 11) is 0. The van der Waals surface area contributed by atoms with E-state index in [0.29, 0.717) is 0 Å². The van der Waals surface area contributed by atoms with Crippen LogP contribution in [-0.4, -0.2) is 11.2 Å². The lowest BCUT2D eigenvalue weighted by Crippen LogP contribution is -2.14. The van der Waals surface area contributed by atoms with Crippen LogP contribution < -0.4 is 4.74 Å². The summed E-state index contributed by atoms with van der Waals surface area (Å²) in [6, 6.07) is 7.90. The zero-order valence-corrected chi connectivity index (χ0v) is 6.38. The van der Waals surface area contributed by atoms with Gasteiger partial charge in [-0.05, 0) is 12.1 Å². The van der Waals surface area contributed by atoms with Crippen LogP contribution in [0.4, 0.5) is 4.79 Å². The normalized spacial score (nSPS) is 8.92. The van der Waals surface area contributed by atoms with E-state index in [2.05, 4.69) is 9.57 Å². The lowest BCUT2D eigenvalue weighted by atomic mass is 10.3. The Morgan fingerprint density at radius 2 is 1.92 bits per heavy atom. The standard InChI is InChI=1S/C7H5NO5/c9-7(13-8(10)11)12-6-4-2-1-3-5-6/h1-5H. The van der Waals surface area contributed by atoms with Crippen LogP contribution in [0.2, 0.25) is 0 Å². The molecule has 0 bridgehead atoms. The van der Waals surface area contributed by atoms with E-state index in [1.165, 1.54) is 12.1 Å². The van der Waals surface area contributed by atoms with Crippen LogP contribution in [0, 0.1) is 10.1 Å². The average Bonchev–Trinajstić information content (AvgIpc) is 2.04. The van der Waals surface area contributed by atoms with Gasteiger partial charge in [-0.2, -0.15) is 4.84 Å². The van der Waals surface area contributed by atoms with E-state index < -0.39 is 11.2 Å². The number of ether oxygens (including phenoxy) is 1. The summed E-state index contributed by atoms with van der Waals surface area (Å²) in [6.45, 7) is 0. The van der Waals surface area contributed by atoms with Crippen LogP contribution in [0.1, 0.15) is 0 Å². The van der Waals surface area contributed by atoms with Crippen molar-refractivity contribution in [1.29, 1.82) is 0 Å². The third-order valence-corrected chi connectivity index (χ3v) is 1.09. The molecule has 0 unspecified atom stereocenters. The second-order valence-corrected chi connectivity index (χ2v) is 1.98. The van der Waals surface area contributed by atoms with Gasteiger partial charge in [0.25, 0.3) is 0 Å². The fraction of sp³-hybridized carbons (Fsp3) is 0. The Labute approximate surface area is 72.8 Å². The molecule has 0 heterocycles. The van der Waals surface area contributed by atoms with Crippen molar-refractivity contribution in [2.75, 3.05) is 0 Å². The van der Waals surface area contributed by atoms with Crippen molar-refractivity contribution in [3.8, 4) is 5.75 Å². The van der Waals surface area contributed by atoms with Gasteiger partial charge >= 0.3 is 11.2 Å². The fourth-order valence-electron chi connectivity index (χ4n) is 0.664. The maximum absolute atomic E-state index is 10.5. The minimum atomic E-state index is -1.36. The number of nitrogens with zero attached hydrogens (tertiary/aromatic N) is 1. The topological polar surface area (TPSA) is 78.7 Å². The van der Waals surface area contributed by atoms with Gasteiger partial charge in [0, 0.05) is 0 Å². The van der Waals surface area contributed by atoms with E-state index in [1.807, 2.05) is 0 Å². The minimum absolute atomic E-state index is 0.189. The molecule has 0 aliphatic rings. The molecule has 0 amide bonds. The lowest BCUT2D eigenvalue weighted by molar-refractivity contribution is -0.729. The maximum Gasteiger partial charge on any atom is 0.491 e. The van der Waals surface area contributed by atoms with Crippen LogP contribution in [-0.2, 0) is 4.84 Å². The van der Waals surface area contributed by atoms with Crippen LogP contribution in [0.15, 0.2) is 30.3 Å². The van der Waals surface area contributed by atoms with Crippen molar-refractivity contribution in [1.82, 2.24) is 0 Å². The second-order valence-electron chi connectivity index (χ2n) is 1.98. The van der Waals surface area contributed by atoms with Crippen LogP contribution in [0.5, 0.6) is 5.75 Å². The van der Waals surface area contributed by atoms with Gasteiger partial charge in [-0.3, -0.25) is 0 Å². The Hall–Kier alpha value is -2.11. The summed E-state index contributed by atoms with van der Waals surface area (Å²) in [5.41, 5.74) is 0. The molecule has 0 aliphatic carbocycles. The first-order valence-electron chi connectivity index (χ1n) is 3.27. The van der Waals surface area contributed by atoms with Crippen molar-refractivity contribution < 1.29 is 19.5 Å². The molecule has 0 N–H and O–H groups in total. The Kier molecular flexibility index (Phi) is 2.80. The quantitative estimate of drug-likeness (QED) is 0.299. The number of hydrogen-bond acceptors (Lipinski definition) is 5. The van der Waals surface area contributed by atoms with Gasteiger partial charge in [0.2, 0.25) is 0 Å². The molecule has 0 saturated heterocycles. The lowest BCUT2D eigenvalue weighted by Gasteiger charge is -1.99. The molecule has 13 heavy (non-hydrogen) atoms. The molecule has 6 heteroatoms. The molecule has 0 radical (unpaired) electrons. The number of hydrogen-bond donors (Lipinski definition) is 0. The first kappa shape index (κ1) is 8.98. The number of rotatable bonds is 2. The van der Waals surface area contributed by atoms with Gasteiger partial charge in [-0.1, -0.05) is 18.2 Å². The molecular weight excluding hydrogens is 178 g/mol. The van der Waals surface area contributed by atoms with Crippen molar-refractivity contribution in [2.45, 2.75) is 0 Å². The number of carbonyl (C=O) groups excluding carboxylic acids is 1. The van der Waals surface area contributed by atoms with Crippen LogP contribution in [0.3, 0.4) is 0 Å². The van der Waals surface area contributed by atoms with Crippen molar-refractivity contribution in [2.24, 2.45) is 0 Å². The van der Waals surface area contributed by atoms with E-state index in [4.69, 9.17) is 0 Å². The molecule has 0 fully saturated rings. The van der Waals surface area contributed by atoms with Crippen molar-refractivity contribution in [3.63, 3.8) is 0 Å². The first-order chi connectivity index (χ1) is 6.18. The zero-order chi connectivity index (χ0) is 9.68. The third-order valence-electron chi connectivity index (χ3n) is 1.09. The van der Waals surface area contributed by atoms with Gasteiger partial charge in [0.1, 0.15) is 5.75 Å². The summed E-state index contributed by atoms with van der Waals surface area (Å²) in [4.78, 5) is 23.7. The van der Waals surface area contributed by atoms with E-state index in [1.54, 1.807) is 18.2 Å². The van der Waals surface area contributed by atoms with Gasteiger partial charge in [0.15, 0.2) is 0 Å².